The minimum absolute atomic E-state index is 0.0389. The van der Waals surface area contributed by atoms with Gasteiger partial charge in [-0.25, -0.2) is 0 Å². The smallest absolute Gasteiger partial charge is 0.306 e. The van der Waals surface area contributed by atoms with Crippen LogP contribution in [-0.2, 0) is 32.7 Å². The Morgan fingerprint density at radius 3 is 1.37 bits per heavy atom. The van der Waals surface area contributed by atoms with Crippen LogP contribution in [-0.4, -0.2) is 70.0 Å². The molecule has 62 heavy (non-hydrogen) atoms. The summed E-state index contributed by atoms with van der Waals surface area (Å²) in [6.45, 7) is 4.08. The van der Waals surface area contributed by atoms with Crippen LogP contribution in [0.15, 0.2) is 72.9 Å². The van der Waals surface area contributed by atoms with Crippen LogP contribution < -0.4 is 4.89 Å². The van der Waals surface area contributed by atoms with Crippen molar-refractivity contribution in [3.8, 4) is 0 Å². The lowest BCUT2D eigenvalue weighted by molar-refractivity contribution is -0.870. The second kappa shape index (κ2) is 43.7. The molecular weight excluding hydrogens is 798 g/mol. The zero-order valence-corrected chi connectivity index (χ0v) is 41.2. The predicted octanol–water partition coefficient (Wildman–Crippen LogP) is 13.9. The topological polar surface area (TPSA) is 111 Å². The Balaban J connectivity index is 4.34. The second-order valence-electron chi connectivity index (χ2n) is 17.4. The summed E-state index contributed by atoms with van der Waals surface area (Å²) < 4.78 is 34.0. The molecule has 0 aromatic carbocycles. The van der Waals surface area contributed by atoms with Gasteiger partial charge in [0.25, 0.3) is 7.82 Å². The van der Waals surface area contributed by atoms with Gasteiger partial charge in [-0.05, 0) is 83.5 Å². The van der Waals surface area contributed by atoms with Crippen molar-refractivity contribution in [2.45, 2.75) is 200 Å². The van der Waals surface area contributed by atoms with Crippen LogP contribution in [0.1, 0.15) is 194 Å². The average Bonchev–Trinajstić information content (AvgIpc) is 3.23. The van der Waals surface area contributed by atoms with Crippen LogP contribution in [0.25, 0.3) is 0 Å². The number of rotatable bonds is 44. The molecule has 0 aromatic heterocycles. The number of unbranched alkanes of at least 4 members (excludes halogenated alkanes) is 18. The summed E-state index contributed by atoms with van der Waals surface area (Å²) >= 11 is 0. The summed E-state index contributed by atoms with van der Waals surface area (Å²) in [4.78, 5) is 37.7. The van der Waals surface area contributed by atoms with Gasteiger partial charge in [0.15, 0.2) is 6.10 Å². The largest absolute Gasteiger partial charge is 0.756 e. The zero-order chi connectivity index (χ0) is 45.7. The Hall–Kier alpha value is -2.55. The fourth-order valence-electron chi connectivity index (χ4n) is 6.38. The van der Waals surface area contributed by atoms with Gasteiger partial charge in [0.2, 0.25) is 0 Å². The maximum atomic E-state index is 12.7. The third-order valence-electron chi connectivity index (χ3n) is 10.2. The van der Waals surface area contributed by atoms with Gasteiger partial charge in [0.1, 0.15) is 19.8 Å². The lowest BCUT2D eigenvalue weighted by atomic mass is 10.1. The van der Waals surface area contributed by atoms with Gasteiger partial charge in [-0.2, -0.15) is 0 Å². The molecule has 0 heterocycles. The molecule has 0 aliphatic carbocycles. The van der Waals surface area contributed by atoms with Crippen molar-refractivity contribution >= 4 is 19.8 Å². The Morgan fingerprint density at radius 1 is 0.516 bits per heavy atom. The highest BCUT2D eigenvalue weighted by atomic mass is 31.2. The standard InChI is InChI=1S/C52H92NO8P/c1-6-8-10-12-14-16-18-20-22-24-25-26-27-29-31-33-35-37-39-41-43-45-52(55)61-50(49-60-62(56,57)59-47-46-53(3,4)5)48-58-51(54)44-42-40-38-36-34-32-30-28-23-21-19-17-15-13-11-9-7-2/h9,11,15,17-18,20-21,23-25,27,29,50H,6-8,10,12-14,16,19,22,26,28,30-49H2,1-5H3/b11-9-,17-15-,20-18-,23-21-,25-24-,29-27-. The third kappa shape index (κ3) is 46.9. The van der Waals surface area contributed by atoms with E-state index in [1.54, 1.807) is 0 Å². The van der Waals surface area contributed by atoms with Crippen LogP contribution in [0.4, 0.5) is 0 Å². The van der Waals surface area contributed by atoms with Gasteiger partial charge >= 0.3 is 11.9 Å². The molecule has 0 spiro atoms. The summed E-state index contributed by atoms with van der Waals surface area (Å²) in [5.41, 5.74) is 0. The number of ether oxygens (including phenoxy) is 2. The third-order valence-corrected chi connectivity index (χ3v) is 11.2. The SMILES string of the molecule is CC/C=C\C/C=C\C/C=C\CCCCCCCCCC(=O)OCC(COP(=O)([O-])OCC[N+](C)(C)C)OC(=O)CCCCCCCC/C=C\C/C=C\C/C=C\CCCCCCC. The summed E-state index contributed by atoms with van der Waals surface area (Å²) in [6.07, 6.45) is 55.0. The molecule has 0 aromatic rings. The Labute approximate surface area is 380 Å². The molecule has 0 fully saturated rings. The van der Waals surface area contributed by atoms with E-state index in [0.717, 1.165) is 96.3 Å². The van der Waals surface area contributed by atoms with Gasteiger partial charge in [0, 0.05) is 12.8 Å². The van der Waals surface area contributed by atoms with E-state index in [-0.39, 0.29) is 26.1 Å². The fraction of sp³-hybridized carbons (Fsp3) is 0.731. The van der Waals surface area contributed by atoms with E-state index in [2.05, 4.69) is 86.8 Å². The predicted molar refractivity (Wildman–Crippen MR) is 259 cm³/mol. The molecule has 0 rings (SSSR count). The molecule has 0 N–H and O–H groups in total. The number of carbonyl (C=O) groups excluding carboxylic acids is 2. The number of esters is 2. The highest BCUT2D eigenvalue weighted by Gasteiger charge is 2.21. The lowest BCUT2D eigenvalue weighted by Crippen LogP contribution is -2.37. The molecule has 0 saturated heterocycles. The van der Waals surface area contributed by atoms with Crippen molar-refractivity contribution in [1.29, 1.82) is 0 Å². The van der Waals surface area contributed by atoms with Crippen LogP contribution in [0.5, 0.6) is 0 Å². The van der Waals surface area contributed by atoms with E-state index in [4.69, 9.17) is 18.5 Å². The van der Waals surface area contributed by atoms with Crippen molar-refractivity contribution in [3.63, 3.8) is 0 Å². The second-order valence-corrected chi connectivity index (χ2v) is 18.9. The fourth-order valence-corrected chi connectivity index (χ4v) is 7.11. The van der Waals surface area contributed by atoms with Crippen molar-refractivity contribution < 1.29 is 42.1 Å². The minimum Gasteiger partial charge on any atom is -0.756 e. The molecular formula is C52H92NO8P. The monoisotopic (exact) mass is 890 g/mol. The molecule has 2 atom stereocenters. The summed E-state index contributed by atoms with van der Waals surface area (Å²) in [5, 5.41) is 0. The summed E-state index contributed by atoms with van der Waals surface area (Å²) in [5.74, 6) is -0.863. The molecule has 9 nitrogen and oxygen atoms in total. The van der Waals surface area contributed by atoms with E-state index in [0.29, 0.717) is 23.9 Å². The van der Waals surface area contributed by atoms with Crippen LogP contribution >= 0.6 is 7.82 Å². The maximum Gasteiger partial charge on any atom is 0.306 e. The van der Waals surface area contributed by atoms with E-state index in [9.17, 15) is 19.0 Å². The minimum atomic E-state index is -4.64. The molecule has 0 amide bonds. The van der Waals surface area contributed by atoms with E-state index >= 15 is 0 Å². The molecule has 0 saturated carbocycles. The number of likely N-dealkylation sites (N-methyl/N-ethyl adjacent to an activating group) is 1. The summed E-state index contributed by atoms with van der Waals surface area (Å²) in [7, 11) is 1.14. The molecule has 0 bridgehead atoms. The number of phosphoric acid groups is 1. The summed E-state index contributed by atoms with van der Waals surface area (Å²) in [6, 6.07) is 0. The van der Waals surface area contributed by atoms with Crippen LogP contribution in [0.2, 0.25) is 0 Å². The number of phosphoric ester groups is 1. The number of nitrogens with zero attached hydrogens (tertiary/aromatic N) is 1. The van der Waals surface area contributed by atoms with Crippen LogP contribution in [0.3, 0.4) is 0 Å². The van der Waals surface area contributed by atoms with E-state index < -0.39 is 32.5 Å². The molecule has 0 radical (unpaired) electrons. The average molecular weight is 890 g/mol. The first kappa shape index (κ1) is 59.5. The van der Waals surface area contributed by atoms with Crippen molar-refractivity contribution in [3.05, 3.63) is 72.9 Å². The van der Waals surface area contributed by atoms with Gasteiger partial charge in [0.05, 0.1) is 27.7 Å². The number of carbonyl (C=O) groups is 2. The first-order valence-corrected chi connectivity index (χ1v) is 26.1. The highest BCUT2D eigenvalue weighted by Crippen LogP contribution is 2.38. The molecule has 0 aliphatic rings. The lowest BCUT2D eigenvalue weighted by Gasteiger charge is -2.28. The number of hydrogen-bond acceptors (Lipinski definition) is 8. The van der Waals surface area contributed by atoms with Crippen LogP contribution in [0, 0.1) is 0 Å². The van der Waals surface area contributed by atoms with E-state index in [1.165, 1.54) is 57.8 Å². The first-order valence-electron chi connectivity index (χ1n) is 24.6. The molecule has 10 heteroatoms. The Bertz CT molecular complexity index is 1280. The van der Waals surface area contributed by atoms with Crippen molar-refractivity contribution in [2.24, 2.45) is 0 Å². The van der Waals surface area contributed by atoms with Gasteiger partial charge < -0.3 is 27.9 Å². The zero-order valence-electron chi connectivity index (χ0n) is 40.3. The number of hydrogen-bond donors (Lipinski definition) is 0. The number of allylic oxidation sites excluding steroid dienone is 12. The van der Waals surface area contributed by atoms with Crippen molar-refractivity contribution in [2.75, 3.05) is 47.5 Å². The molecule has 2 unspecified atom stereocenters. The van der Waals surface area contributed by atoms with Gasteiger partial charge in [-0.1, -0.05) is 170 Å². The molecule has 358 valence electrons. The first-order chi connectivity index (χ1) is 30.0. The van der Waals surface area contributed by atoms with Crippen molar-refractivity contribution in [1.82, 2.24) is 0 Å². The van der Waals surface area contributed by atoms with Gasteiger partial charge in [-0.3, -0.25) is 14.2 Å². The maximum absolute atomic E-state index is 12.7. The molecule has 0 aliphatic heterocycles. The van der Waals surface area contributed by atoms with E-state index in [1.807, 2.05) is 21.1 Å². The highest BCUT2D eigenvalue weighted by molar-refractivity contribution is 7.45. The quantitative estimate of drug-likeness (QED) is 0.0195. The number of quaternary nitrogens is 1. The Kier molecular flexibility index (Phi) is 41.9. The Morgan fingerprint density at radius 2 is 0.919 bits per heavy atom. The van der Waals surface area contributed by atoms with Gasteiger partial charge in [-0.15, -0.1) is 0 Å². The normalized spacial score (nSPS) is 14.1.